The largest absolute Gasteiger partial charge is 0.379 e. The maximum atomic E-state index is 5.45. The van der Waals surface area contributed by atoms with Crippen molar-refractivity contribution in [1.82, 2.24) is 15.1 Å². The van der Waals surface area contributed by atoms with Gasteiger partial charge < -0.3 is 15.0 Å². The van der Waals surface area contributed by atoms with Gasteiger partial charge in [0, 0.05) is 31.7 Å². The fraction of sp³-hybridized carbons (Fsp3) is 1.00. The first kappa shape index (κ1) is 16.2. The highest BCUT2D eigenvalue weighted by Gasteiger charge is 2.28. The molecule has 0 radical (unpaired) electrons. The van der Waals surface area contributed by atoms with E-state index in [1.54, 1.807) is 0 Å². The predicted octanol–water partition coefficient (Wildman–Crippen LogP) is 1.56. The number of unbranched alkanes of at least 4 members (excludes halogenated alkanes) is 1. The minimum atomic E-state index is 0.680. The molecule has 0 bridgehead atoms. The number of rotatable bonds is 8. The maximum absolute atomic E-state index is 5.45. The lowest BCUT2D eigenvalue weighted by molar-refractivity contribution is 0.0185. The molecule has 2 heterocycles. The second-order valence-corrected chi connectivity index (χ2v) is 6.35. The molecule has 0 aromatic carbocycles. The number of nitrogens with zero attached hydrogens (tertiary/aromatic N) is 2. The summed E-state index contributed by atoms with van der Waals surface area (Å²) >= 11 is 0. The topological polar surface area (TPSA) is 27.7 Å². The van der Waals surface area contributed by atoms with E-state index in [1.165, 1.54) is 45.3 Å². The number of morpholine rings is 1. The molecular formula is C16H33N3O. The van der Waals surface area contributed by atoms with Gasteiger partial charge in [0.1, 0.15) is 0 Å². The van der Waals surface area contributed by atoms with Crippen LogP contribution in [0.25, 0.3) is 0 Å². The molecule has 0 saturated carbocycles. The van der Waals surface area contributed by atoms with Crippen molar-refractivity contribution in [2.24, 2.45) is 0 Å². The smallest absolute Gasteiger partial charge is 0.0594 e. The first-order valence-corrected chi connectivity index (χ1v) is 8.57. The Morgan fingerprint density at radius 2 is 2.00 bits per heavy atom. The lowest BCUT2D eigenvalue weighted by Gasteiger charge is -2.32. The van der Waals surface area contributed by atoms with Crippen molar-refractivity contribution in [3.8, 4) is 0 Å². The molecular weight excluding hydrogens is 250 g/mol. The van der Waals surface area contributed by atoms with E-state index >= 15 is 0 Å². The molecule has 2 atom stereocenters. The lowest BCUT2D eigenvalue weighted by atomic mass is 10.1. The normalized spacial score (nSPS) is 27.0. The number of nitrogens with one attached hydrogen (secondary N) is 1. The molecule has 2 unspecified atom stereocenters. The summed E-state index contributed by atoms with van der Waals surface area (Å²) in [5, 5.41) is 3.49. The standard InChI is InChI=1S/C16H33N3O/c1-3-17-15(2)6-4-5-8-18-9-7-16(14-18)19-10-12-20-13-11-19/h15-17H,3-14H2,1-2H3. The van der Waals surface area contributed by atoms with Gasteiger partial charge in [0.2, 0.25) is 0 Å². The van der Waals surface area contributed by atoms with Gasteiger partial charge in [-0.3, -0.25) is 4.90 Å². The van der Waals surface area contributed by atoms with Crippen LogP contribution in [0.3, 0.4) is 0 Å². The van der Waals surface area contributed by atoms with Gasteiger partial charge in [-0.15, -0.1) is 0 Å². The molecule has 0 amide bonds. The van der Waals surface area contributed by atoms with Crippen LogP contribution in [-0.2, 0) is 4.74 Å². The molecule has 2 rings (SSSR count). The summed E-state index contributed by atoms with van der Waals surface area (Å²) in [6, 6.07) is 1.47. The van der Waals surface area contributed by atoms with Crippen LogP contribution in [-0.4, -0.2) is 74.4 Å². The third kappa shape index (κ3) is 5.32. The Balaban J connectivity index is 1.54. The van der Waals surface area contributed by atoms with E-state index in [9.17, 15) is 0 Å². The Kier molecular flexibility index (Phi) is 7.28. The van der Waals surface area contributed by atoms with Crippen LogP contribution in [0.4, 0.5) is 0 Å². The molecule has 4 heteroatoms. The van der Waals surface area contributed by atoms with E-state index in [1.807, 2.05) is 0 Å². The number of hydrogen-bond donors (Lipinski definition) is 1. The highest BCUT2D eigenvalue weighted by atomic mass is 16.5. The first-order valence-electron chi connectivity index (χ1n) is 8.57. The zero-order valence-electron chi connectivity index (χ0n) is 13.4. The van der Waals surface area contributed by atoms with Crippen molar-refractivity contribution in [3.05, 3.63) is 0 Å². The Morgan fingerprint density at radius 3 is 2.75 bits per heavy atom. The average Bonchev–Trinajstić information content (AvgIpc) is 2.94. The molecule has 2 aliphatic rings. The first-order chi connectivity index (χ1) is 9.79. The Bertz CT molecular complexity index is 256. The fourth-order valence-electron chi connectivity index (χ4n) is 3.49. The predicted molar refractivity (Wildman–Crippen MR) is 84.2 cm³/mol. The van der Waals surface area contributed by atoms with E-state index in [2.05, 4.69) is 29.0 Å². The highest BCUT2D eigenvalue weighted by Crippen LogP contribution is 2.17. The molecule has 0 aliphatic carbocycles. The van der Waals surface area contributed by atoms with E-state index in [4.69, 9.17) is 4.74 Å². The summed E-state index contributed by atoms with van der Waals surface area (Å²) in [7, 11) is 0. The van der Waals surface area contributed by atoms with E-state index < -0.39 is 0 Å². The van der Waals surface area contributed by atoms with Gasteiger partial charge in [-0.2, -0.15) is 0 Å². The van der Waals surface area contributed by atoms with Gasteiger partial charge in [-0.25, -0.2) is 0 Å². The molecule has 2 aliphatic heterocycles. The monoisotopic (exact) mass is 283 g/mol. The second-order valence-electron chi connectivity index (χ2n) is 6.35. The van der Waals surface area contributed by atoms with E-state index in [0.717, 1.165) is 38.9 Å². The van der Waals surface area contributed by atoms with Crippen molar-refractivity contribution in [2.45, 2.75) is 51.6 Å². The number of hydrogen-bond acceptors (Lipinski definition) is 4. The zero-order valence-corrected chi connectivity index (χ0v) is 13.4. The summed E-state index contributed by atoms with van der Waals surface area (Å²) in [4.78, 5) is 5.30. The summed E-state index contributed by atoms with van der Waals surface area (Å²) in [5.74, 6) is 0. The van der Waals surface area contributed by atoms with E-state index in [-0.39, 0.29) is 0 Å². The van der Waals surface area contributed by atoms with Crippen LogP contribution < -0.4 is 5.32 Å². The maximum Gasteiger partial charge on any atom is 0.0594 e. The van der Waals surface area contributed by atoms with Crippen LogP contribution in [0, 0.1) is 0 Å². The van der Waals surface area contributed by atoms with Gasteiger partial charge in [-0.1, -0.05) is 13.3 Å². The molecule has 118 valence electrons. The summed E-state index contributed by atoms with van der Waals surface area (Å²) < 4.78 is 5.45. The number of ether oxygens (including phenoxy) is 1. The quantitative estimate of drug-likeness (QED) is 0.684. The highest BCUT2D eigenvalue weighted by molar-refractivity contribution is 4.84. The molecule has 4 nitrogen and oxygen atoms in total. The molecule has 20 heavy (non-hydrogen) atoms. The summed E-state index contributed by atoms with van der Waals surface area (Å²) in [6.07, 6.45) is 5.38. The number of likely N-dealkylation sites (tertiary alicyclic amines) is 1. The summed E-state index contributed by atoms with van der Waals surface area (Å²) in [5.41, 5.74) is 0. The molecule has 0 spiro atoms. The Labute approximate surface area is 124 Å². The van der Waals surface area contributed by atoms with Gasteiger partial charge >= 0.3 is 0 Å². The van der Waals surface area contributed by atoms with Crippen LogP contribution in [0.1, 0.15) is 39.5 Å². The van der Waals surface area contributed by atoms with Gasteiger partial charge in [0.15, 0.2) is 0 Å². The molecule has 2 saturated heterocycles. The van der Waals surface area contributed by atoms with Crippen LogP contribution in [0.15, 0.2) is 0 Å². The fourth-order valence-corrected chi connectivity index (χ4v) is 3.49. The third-order valence-electron chi connectivity index (χ3n) is 4.72. The van der Waals surface area contributed by atoms with Crippen molar-refractivity contribution in [3.63, 3.8) is 0 Å². The van der Waals surface area contributed by atoms with Crippen LogP contribution >= 0.6 is 0 Å². The zero-order chi connectivity index (χ0) is 14.2. The minimum absolute atomic E-state index is 0.680. The Hall–Kier alpha value is -0.160. The molecule has 0 aromatic heterocycles. The van der Waals surface area contributed by atoms with Gasteiger partial charge in [0.25, 0.3) is 0 Å². The van der Waals surface area contributed by atoms with Crippen molar-refractivity contribution < 1.29 is 4.74 Å². The van der Waals surface area contributed by atoms with Crippen molar-refractivity contribution in [2.75, 3.05) is 52.5 Å². The van der Waals surface area contributed by atoms with Crippen LogP contribution in [0.2, 0.25) is 0 Å². The third-order valence-corrected chi connectivity index (χ3v) is 4.72. The van der Waals surface area contributed by atoms with Crippen molar-refractivity contribution >= 4 is 0 Å². The second kappa shape index (κ2) is 8.98. The molecule has 2 fully saturated rings. The average molecular weight is 283 g/mol. The van der Waals surface area contributed by atoms with Crippen molar-refractivity contribution in [1.29, 1.82) is 0 Å². The van der Waals surface area contributed by atoms with Crippen LogP contribution in [0.5, 0.6) is 0 Å². The SMILES string of the molecule is CCNC(C)CCCCN1CCC(N2CCOCC2)C1. The molecule has 0 aromatic rings. The van der Waals surface area contributed by atoms with E-state index in [0.29, 0.717) is 6.04 Å². The van der Waals surface area contributed by atoms with Gasteiger partial charge in [0.05, 0.1) is 13.2 Å². The summed E-state index contributed by atoms with van der Waals surface area (Å²) in [6.45, 7) is 13.6. The lowest BCUT2D eigenvalue weighted by Crippen LogP contribution is -2.44. The molecule has 1 N–H and O–H groups in total. The minimum Gasteiger partial charge on any atom is -0.379 e. The Morgan fingerprint density at radius 1 is 1.20 bits per heavy atom. The van der Waals surface area contributed by atoms with Gasteiger partial charge in [-0.05, 0) is 45.8 Å².